The Hall–Kier alpha value is -1.27. The van der Waals surface area contributed by atoms with E-state index in [1.165, 1.54) is 0 Å². The second kappa shape index (κ2) is 4.54. The number of hydrogen-bond acceptors (Lipinski definition) is 5. The summed E-state index contributed by atoms with van der Waals surface area (Å²) >= 11 is 5.05. The van der Waals surface area contributed by atoms with E-state index in [0.29, 0.717) is 18.2 Å². The van der Waals surface area contributed by atoms with E-state index in [2.05, 4.69) is 28.9 Å². The van der Waals surface area contributed by atoms with Gasteiger partial charge in [0, 0.05) is 6.54 Å². The normalized spacial score (nSPS) is 19.1. The van der Waals surface area contributed by atoms with E-state index in [0.717, 1.165) is 17.9 Å². The summed E-state index contributed by atoms with van der Waals surface area (Å²) in [6, 6.07) is 1.80. The molecule has 0 aromatic carbocycles. The van der Waals surface area contributed by atoms with Gasteiger partial charge in [-0.2, -0.15) is 5.10 Å². The molecule has 2 N–H and O–H groups in total. The maximum absolute atomic E-state index is 5.72. The first-order chi connectivity index (χ1) is 8.02. The van der Waals surface area contributed by atoms with Crippen molar-refractivity contribution in [3.63, 3.8) is 0 Å². The first-order valence-corrected chi connectivity index (χ1v) is 5.90. The van der Waals surface area contributed by atoms with Gasteiger partial charge in [-0.15, -0.1) is 5.10 Å². The summed E-state index contributed by atoms with van der Waals surface area (Å²) in [6.07, 6.45) is 1.60. The monoisotopic (exact) mass is 252 g/mol. The average Bonchev–Trinajstić information content (AvgIpc) is 2.28. The third-order valence-electron chi connectivity index (χ3n) is 2.87. The van der Waals surface area contributed by atoms with E-state index in [4.69, 9.17) is 22.7 Å². The topological polar surface area (TPSA) is 64.3 Å². The standard InChI is InChI=1S/C11H16N4OS/c1-11(2)7-16-6-5-15(11)10-8(9(12)17)3-4-13-14-10/h3-4H,5-7H2,1-2H3,(H2,12,17). The smallest absolute Gasteiger partial charge is 0.162 e. The molecule has 0 bridgehead atoms. The van der Waals surface area contributed by atoms with Crippen LogP contribution in [-0.2, 0) is 4.74 Å². The summed E-state index contributed by atoms with van der Waals surface area (Å²) < 4.78 is 5.48. The van der Waals surface area contributed by atoms with Gasteiger partial charge in [0.25, 0.3) is 0 Å². The Labute approximate surface area is 106 Å². The zero-order valence-electron chi connectivity index (χ0n) is 10.0. The van der Waals surface area contributed by atoms with E-state index < -0.39 is 0 Å². The highest BCUT2D eigenvalue weighted by atomic mass is 32.1. The van der Waals surface area contributed by atoms with Gasteiger partial charge >= 0.3 is 0 Å². The second-order valence-electron chi connectivity index (χ2n) is 4.65. The van der Waals surface area contributed by atoms with Crippen LogP contribution in [0.15, 0.2) is 12.3 Å². The third-order valence-corrected chi connectivity index (χ3v) is 3.09. The Balaban J connectivity index is 2.42. The molecule has 2 rings (SSSR count). The molecule has 92 valence electrons. The molecule has 5 nitrogen and oxygen atoms in total. The number of ether oxygens (including phenoxy) is 1. The molecule has 0 saturated carbocycles. The van der Waals surface area contributed by atoms with Crippen LogP contribution in [0.3, 0.4) is 0 Å². The Morgan fingerprint density at radius 3 is 3.00 bits per heavy atom. The molecule has 2 heterocycles. The highest BCUT2D eigenvalue weighted by molar-refractivity contribution is 7.80. The quantitative estimate of drug-likeness (QED) is 0.783. The van der Waals surface area contributed by atoms with E-state index in [9.17, 15) is 0 Å². The van der Waals surface area contributed by atoms with Gasteiger partial charge in [0.2, 0.25) is 0 Å². The summed E-state index contributed by atoms with van der Waals surface area (Å²) in [5.74, 6) is 0.744. The summed E-state index contributed by atoms with van der Waals surface area (Å²) in [5.41, 5.74) is 6.35. The molecule has 6 heteroatoms. The molecule has 1 saturated heterocycles. The largest absolute Gasteiger partial charge is 0.389 e. The predicted octanol–water partition coefficient (Wildman–Crippen LogP) is 0.726. The van der Waals surface area contributed by atoms with Crippen LogP contribution in [0.2, 0.25) is 0 Å². The highest BCUT2D eigenvalue weighted by Crippen LogP contribution is 2.27. The van der Waals surface area contributed by atoms with Crippen molar-refractivity contribution in [1.29, 1.82) is 0 Å². The molecule has 1 aromatic rings. The van der Waals surface area contributed by atoms with Crippen molar-refractivity contribution in [3.05, 3.63) is 17.8 Å². The summed E-state index contributed by atoms with van der Waals surface area (Å²) in [6.45, 7) is 6.30. The van der Waals surface area contributed by atoms with Gasteiger partial charge in [-0.1, -0.05) is 12.2 Å². The molecule has 0 amide bonds. The minimum atomic E-state index is -0.131. The molecule has 0 spiro atoms. The molecule has 1 aliphatic heterocycles. The molecule has 0 radical (unpaired) electrons. The minimum Gasteiger partial charge on any atom is -0.389 e. The van der Waals surface area contributed by atoms with Crippen molar-refractivity contribution in [1.82, 2.24) is 10.2 Å². The van der Waals surface area contributed by atoms with Crippen LogP contribution < -0.4 is 10.6 Å². The van der Waals surface area contributed by atoms with Gasteiger partial charge in [-0.3, -0.25) is 0 Å². The van der Waals surface area contributed by atoms with Gasteiger partial charge in [0.1, 0.15) is 4.99 Å². The van der Waals surface area contributed by atoms with Crippen LogP contribution in [0, 0.1) is 0 Å². The second-order valence-corrected chi connectivity index (χ2v) is 5.09. The zero-order valence-corrected chi connectivity index (χ0v) is 10.8. The van der Waals surface area contributed by atoms with Gasteiger partial charge in [0.15, 0.2) is 5.82 Å². The summed E-state index contributed by atoms with van der Waals surface area (Å²) in [5, 5.41) is 8.09. The molecule has 0 aliphatic carbocycles. The van der Waals surface area contributed by atoms with E-state index in [-0.39, 0.29) is 5.54 Å². The number of anilines is 1. The maximum atomic E-state index is 5.72. The SMILES string of the molecule is CC1(C)COCCN1c1nnccc1C(N)=S. The molecule has 0 unspecified atom stereocenters. The van der Waals surface area contributed by atoms with Gasteiger partial charge < -0.3 is 15.4 Å². The van der Waals surface area contributed by atoms with Crippen molar-refractivity contribution in [2.75, 3.05) is 24.7 Å². The van der Waals surface area contributed by atoms with E-state index >= 15 is 0 Å². The Morgan fingerprint density at radius 1 is 1.59 bits per heavy atom. The van der Waals surface area contributed by atoms with Crippen LogP contribution in [-0.4, -0.2) is 40.5 Å². The minimum absolute atomic E-state index is 0.131. The van der Waals surface area contributed by atoms with Crippen molar-refractivity contribution in [2.24, 2.45) is 5.73 Å². The van der Waals surface area contributed by atoms with Crippen LogP contribution >= 0.6 is 12.2 Å². The van der Waals surface area contributed by atoms with Crippen LogP contribution in [0.1, 0.15) is 19.4 Å². The fraction of sp³-hybridized carbons (Fsp3) is 0.545. The van der Waals surface area contributed by atoms with Gasteiger partial charge in [-0.25, -0.2) is 0 Å². The lowest BCUT2D eigenvalue weighted by Crippen LogP contribution is -2.54. The summed E-state index contributed by atoms with van der Waals surface area (Å²) in [4.78, 5) is 2.50. The van der Waals surface area contributed by atoms with Crippen molar-refractivity contribution >= 4 is 23.0 Å². The molecular weight excluding hydrogens is 236 g/mol. The number of morpholine rings is 1. The molecule has 1 aromatic heterocycles. The van der Waals surface area contributed by atoms with E-state index in [1.54, 1.807) is 12.3 Å². The number of hydrogen-bond donors (Lipinski definition) is 1. The van der Waals surface area contributed by atoms with Crippen molar-refractivity contribution in [2.45, 2.75) is 19.4 Å². The number of aromatic nitrogens is 2. The number of nitrogens with zero attached hydrogens (tertiary/aromatic N) is 3. The first-order valence-electron chi connectivity index (χ1n) is 5.49. The Bertz CT molecular complexity index is 435. The highest BCUT2D eigenvalue weighted by Gasteiger charge is 2.33. The number of thiocarbonyl (C=S) groups is 1. The van der Waals surface area contributed by atoms with Gasteiger partial charge in [0.05, 0.1) is 30.5 Å². The van der Waals surface area contributed by atoms with Crippen LogP contribution in [0.25, 0.3) is 0 Å². The molecule has 17 heavy (non-hydrogen) atoms. The van der Waals surface area contributed by atoms with Crippen molar-refractivity contribution < 1.29 is 4.74 Å². The molecule has 1 fully saturated rings. The van der Waals surface area contributed by atoms with E-state index in [1.807, 2.05) is 0 Å². The first kappa shape index (κ1) is 12.2. The Morgan fingerprint density at radius 2 is 2.35 bits per heavy atom. The van der Waals surface area contributed by atoms with Crippen molar-refractivity contribution in [3.8, 4) is 0 Å². The molecule has 0 atom stereocenters. The maximum Gasteiger partial charge on any atom is 0.162 e. The van der Waals surface area contributed by atoms with Crippen LogP contribution in [0.4, 0.5) is 5.82 Å². The lowest BCUT2D eigenvalue weighted by molar-refractivity contribution is 0.0638. The number of nitrogens with two attached hydrogens (primary N) is 1. The molecular formula is C11H16N4OS. The predicted molar refractivity (Wildman–Crippen MR) is 70.2 cm³/mol. The fourth-order valence-corrected chi connectivity index (χ4v) is 2.13. The number of rotatable bonds is 2. The summed E-state index contributed by atoms with van der Waals surface area (Å²) in [7, 11) is 0. The zero-order chi connectivity index (χ0) is 12.5. The van der Waals surface area contributed by atoms with Gasteiger partial charge in [-0.05, 0) is 19.9 Å². The fourth-order valence-electron chi connectivity index (χ4n) is 1.97. The average molecular weight is 252 g/mol. The lowest BCUT2D eigenvalue weighted by atomic mass is 10.0. The third kappa shape index (κ3) is 2.37. The Kier molecular flexibility index (Phi) is 3.26. The molecule has 1 aliphatic rings. The lowest BCUT2D eigenvalue weighted by Gasteiger charge is -2.43. The van der Waals surface area contributed by atoms with Crippen LogP contribution in [0.5, 0.6) is 0 Å².